The molecule has 0 bridgehead atoms. The molecule has 4 heteroatoms. The highest BCUT2D eigenvalue weighted by molar-refractivity contribution is 5.62. The first-order valence-electron chi connectivity index (χ1n) is 12.4. The smallest absolute Gasteiger partial charge is 0.0743 e. The highest BCUT2D eigenvalue weighted by Gasteiger charge is 2.23. The molecule has 0 spiro atoms. The van der Waals surface area contributed by atoms with Crippen molar-refractivity contribution in [1.29, 1.82) is 0 Å². The highest BCUT2D eigenvalue weighted by atomic mass is 15.3. The Balaban J connectivity index is 1.23. The van der Waals surface area contributed by atoms with Crippen molar-refractivity contribution in [3.05, 3.63) is 102 Å². The van der Waals surface area contributed by atoms with Gasteiger partial charge in [-0.25, -0.2) is 4.68 Å². The summed E-state index contributed by atoms with van der Waals surface area (Å²) in [6, 6.07) is 32.7. The van der Waals surface area contributed by atoms with Gasteiger partial charge in [-0.1, -0.05) is 60.7 Å². The van der Waals surface area contributed by atoms with E-state index in [0.29, 0.717) is 6.04 Å². The molecule has 1 aliphatic heterocycles. The summed E-state index contributed by atoms with van der Waals surface area (Å²) in [5, 5.41) is 5.00. The molecule has 0 N–H and O–H groups in total. The van der Waals surface area contributed by atoms with E-state index in [1.54, 1.807) is 0 Å². The van der Waals surface area contributed by atoms with Crippen LogP contribution in [-0.4, -0.2) is 46.9 Å². The van der Waals surface area contributed by atoms with Gasteiger partial charge in [-0.3, -0.25) is 4.90 Å². The van der Waals surface area contributed by atoms with Gasteiger partial charge < -0.3 is 4.90 Å². The first-order valence-corrected chi connectivity index (χ1v) is 12.4. The van der Waals surface area contributed by atoms with Gasteiger partial charge in [-0.15, -0.1) is 0 Å². The van der Waals surface area contributed by atoms with Crippen LogP contribution < -0.4 is 4.90 Å². The van der Waals surface area contributed by atoms with Gasteiger partial charge in [-0.05, 0) is 69.1 Å². The first-order chi connectivity index (χ1) is 16.7. The van der Waals surface area contributed by atoms with E-state index in [-0.39, 0.29) is 0 Å². The molecule has 1 fully saturated rings. The molecule has 1 aliphatic rings. The first kappa shape index (κ1) is 22.4. The summed E-state index contributed by atoms with van der Waals surface area (Å²) in [6.07, 6.45) is 2.11. The lowest BCUT2D eigenvalue weighted by atomic mass is 10.1. The zero-order valence-corrected chi connectivity index (χ0v) is 20.3. The molecule has 0 amide bonds. The van der Waals surface area contributed by atoms with E-state index in [9.17, 15) is 0 Å². The van der Waals surface area contributed by atoms with E-state index in [1.165, 1.54) is 16.8 Å². The summed E-state index contributed by atoms with van der Waals surface area (Å²) < 4.78 is 2.09. The Morgan fingerprint density at radius 2 is 1.56 bits per heavy atom. The maximum absolute atomic E-state index is 5.00. The summed E-state index contributed by atoms with van der Waals surface area (Å²) in [6.45, 7) is 8.96. The fourth-order valence-electron chi connectivity index (χ4n) is 5.04. The van der Waals surface area contributed by atoms with Gasteiger partial charge >= 0.3 is 0 Å². The minimum atomic E-state index is 0.525. The maximum Gasteiger partial charge on any atom is 0.0743 e. The molecule has 3 aromatic carbocycles. The second-order valence-corrected chi connectivity index (χ2v) is 9.42. The van der Waals surface area contributed by atoms with E-state index in [4.69, 9.17) is 5.10 Å². The summed E-state index contributed by atoms with van der Waals surface area (Å²) in [5.41, 5.74) is 7.31. The lowest BCUT2D eigenvalue weighted by Gasteiger charge is -2.41. The zero-order valence-electron chi connectivity index (χ0n) is 20.3. The van der Waals surface area contributed by atoms with Gasteiger partial charge in [-0.2, -0.15) is 5.10 Å². The van der Waals surface area contributed by atoms with Crippen LogP contribution in [0.4, 0.5) is 5.69 Å². The lowest BCUT2D eigenvalue weighted by Crippen LogP contribution is -2.52. The number of piperazine rings is 1. The SMILES string of the molecule is Cc1cccc(N2CCN(CCCc3cc(-c4ccccc4)n(-c4ccccc4)n3)CC2C)c1. The third-order valence-electron chi connectivity index (χ3n) is 6.78. The number of benzene rings is 3. The minimum Gasteiger partial charge on any atom is -0.366 e. The van der Waals surface area contributed by atoms with Gasteiger partial charge in [0.2, 0.25) is 0 Å². The predicted molar refractivity (Wildman–Crippen MR) is 142 cm³/mol. The van der Waals surface area contributed by atoms with Crippen molar-refractivity contribution in [3.63, 3.8) is 0 Å². The molecule has 5 rings (SSSR count). The Kier molecular flexibility index (Phi) is 6.77. The van der Waals surface area contributed by atoms with E-state index in [1.807, 2.05) is 0 Å². The van der Waals surface area contributed by atoms with Crippen LogP contribution in [0.1, 0.15) is 24.6 Å². The Morgan fingerprint density at radius 1 is 0.824 bits per heavy atom. The standard InChI is InChI=1S/C30H34N4/c1-24-11-9-17-29(21-24)33-20-19-32(23-25(33)2)18-10-14-27-22-30(26-12-5-3-6-13-26)34(31-27)28-15-7-4-8-16-28/h3-9,11-13,15-17,21-22,25H,10,14,18-20,23H2,1-2H3. The molecule has 2 heterocycles. The summed E-state index contributed by atoms with van der Waals surface area (Å²) in [7, 11) is 0. The van der Waals surface area contributed by atoms with Gasteiger partial charge in [0, 0.05) is 36.9 Å². The molecule has 0 saturated carbocycles. The van der Waals surface area contributed by atoms with E-state index in [0.717, 1.165) is 56.1 Å². The highest BCUT2D eigenvalue weighted by Crippen LogP contribution is 2.25. The minimum absolute atomic E-state index is 0.525. The van der Waals surface area contributed by atoms with Crippen LogP contribution >= 0.6 is 0 Å². The van der Waals surface area contributed by atoms with Crippen LogP contribution in [0.3, 0.4) is 0 Å². The van der Waals surface area contributed by atoms with Crippen LogP contribution in [0, 0.1) is 6.92 Å². The Morgan fingerprint density at radius 3 is 2.29 bits per heavy atom. The number of para-hydroxylation sites is 1. The molecule has 34 heavy (non-hydrogen) atoms. The molecule has 1 atom stereocenters. The lowest BCUT2D eigenvalue weighted by molar-refractivity contribution is 0.226. The fraction of sp³-hybridized carbons (Fsp3) is 0.300. The van der Waals surface area contributed by atoms with Gasteiger partial charge in [0.1, 0.15) is 0 Å². The largest absolute Gasteiger partial charge is 0.366 e. The van der Waals surface area contributed by atoms with Crippen molar-refractivity contribution in [3.8, 4) is 16.9 Å². The molecule has 0 aliphatic carbocycles. The fourth-order valence-corrected chi connectivity index (χ4v) is 5.04. The quantitative estimate of drug-likeness (QED) is 0.346. The number of rotatable bonds is 7. The molecular formula is C30H34N4. The van der Waals surface area contributed by atoms with Crippen molar-refractivity contribution in [2.45, 2.75) is 32.7 Å². The molecule has 1 aromatic heterocycles. The molecule has 1 unspecified atom stereocenters. The second kappa shape index (κ2) is 10.3. The average Bonchev–Trinajstić information content (AvgIpc) is 3.29. The van der Waals surface area contributed by atoms with Gasteiger partial charge in [0.05, 0.1) is 17.1 Å². The molecule has 4 aromatic rings. The number of nitrogens with zero attached hydrogens (tertiary/aromatic N) is 4. The number of aromatic nitrogens is 2. The van der Waals surface area contributed by atoms with Crippen molar-refractivity contribution in [2.24, 2.45) is 0 Å². The van der Waals surface area contributed by atoms with Crippen molar-refractivity contribution < 1.29 is 0 Å². The molecule has 174 valence electrons. The Labute approximate surface area is 203 Å². The van der Waals surface area contributed by atoms with Gasteiger partial charge in [0.25, 0.3) is 0 Å². The Bertz CT molecular complexity index is 1140. The number of hydrogen-bond donors (Lipinski definition) is 0. The molecule has 1 saturated heterocycles. The van der Waals surface area contributed by atoms with E-state index >= 15 is 0 Å². The van der Waals surface area contributed by atoms with Crippen LogP contribution in [0.25, 0.3) is 16.9 Å². The number of anilines is 1. The van der Waals surface area contributed by atoms with Gasteiger partial charge in [0.15, 0.2) is 0 Å². The average molecular weight is 451 g/mol. The summed E-state index contributed by atoms with van der Waals surface area (Å²) in [5.74, 6) is 0. The predicted octanol–water partition coefficient (Wildman–Crippen LogP) is 5.99. The van der Waals surface area contributed by atoms with Crippen LogP contribution in [-0.2, 0) is 6.42 Å². The van der Waals surface area contributed by atoms with Crippen LogP contribution in [0.5, 0.6) is 0 Å². The van der Waals surface area contributed by atoms with Crippen molar-refractivity contribution >= 4 is 5.69 Å². The molecule has 0 radical (unpaired) electrons. The Hall–Kier alpha value is -3.37. The number of aryl methyl sites for hydroxylation is 2. The van der Waals surface area contributed by atoms with Crippen molar-refractivity contribution in [1.82, 2.24) is 14.7 Å². The monoisotopic (exact) mass is 450 g/mol. The third-order valence-corrected chi connectivity index (χ3v) is 6.78. The van der Waals surface area contributed by atoms with E-state index in [2.05, 4.69) is 119 Å². The van der Waals surface area contributed by atoms with Crippen LogP contribution in [0.2, 0.25) is 0 Å². The third kappa shape index (κ3) is 5.07. The number of hydrogen-bond acceptors (Lipinski definition) is 3. The topological polar surface area (TPSA) is 24.3 Å². The molecular weight excluding hydrogens is 416 g/mol. The second-order valence-electron chi connectivity index (χ2n) is 9.42. The van der Waals surface area contributed by atoms with Crippen molar-refractivity contribution in [2.75, 3.05) is 31.1 Å². The molecule has 4 nitrogen and oxygen atoms in total. The summed E-state index contributed by atoms with van der Waals surface area (Å²) >= 11 is 0. The van der Waals surface area contributed by atoms with E-state index < -0.39 is 0 Å². The summed E-state index contributed by atoms with van der Waals surface area (Å²) in [4.78, 5) is 5.17. The normalized spacial score (nSPS) is 16.6. The zero-order chi connectivity index (χ0) is 23.3. The van der Waals surface area contributed by atoms with Crippen LogP contribution in [0.15, 0.2) is 91.0 Å². The maximum atomic E-state index is 5.00.